The highest BCUT2D eigenvalue weighted by molar-refractivity contribution is 14.1. The number of carbonyl (C=O) groups excluding carboxylic acids is 1. The lowest BCUT2D eigenvalue weighted by atomic mass is 10.1. The second-order valence-corrected chi connectivity index (χ2v) is 4.73. The highest BCUT2D eigenvalue weighted by atomic mass is 127. The standard InChI is InChI=1S/C12H14INO4/c13-10-4-2-1-3-9(10)7-11(15)14-5-6-18-8-12(16)17/h1-4H,5-8H2,(H,14,15)(H,16,17). The molecule has 0 saturated carbocycles. The van der Waals surface area contributed by atoms with E-state index < -0.39 is 5.97 Å². The second-order valence-electron chi connectivity index (χ2n) is 3.56. The van der Waals surface area contributed by atoms with Crippen LogP contribution in [0, 0.1) is 3.57 Å². The number of benzene rings is 1. The van der Waals surface area contributed by atoms with Crippen molar-refractivity contribution in [2.45, 2.75) is 6.42 Å². The Balaban J connectivity index is 2.22. The van der Waals surface area contributed by atoms with Crippen molar-refractivity contribution in [3.63, 3.8) is 0 Å². The first-order valence-corrected chi connectivity index (χ1v) is 6.47. The first kappa shape index (κ1) is 14.9. The summed E-state index contributed by atoms with van der Waals surface area (Å²) in [5, 5.41) is 11.0. The van der Waals surface area contributed by atoms with Crippen LogP contribution in [-0.4, -0.2) is 36.7 Å². The zero-order valence-corrected chi connectivity index (χ0v) is 11.8. The molecular formula is C12H14INO4. The van der Waals surface area contributed by atoms with Gasteiger partial charge in [-0.25, -0.2) is 4.79 Å². The van der Waals surface area contributed by atoms with E-state index in [1.807, 2.05) is 24.3 Å². The number of hydrogen-bond donors (Lipinski definition) is 2. The maximum absolute atomic E-state index is 11.6. The van der Waals surface area contributed by atoms with Gasteiger partial charge in [-0.1, -0.05) is 18.2 Å². The molecule has 6 heteroatoms. The Bertz CT molecular complexity index is 422. The second kappa shape index (κ2) is 8.04. The molecule has 0 aliphatic rings. The van der Waals surface area contributed by atoms with Crippen molar-refractivity contribution in [3.8, 4) is 0 Å². The van der Waals surface area contributed by atoms with Crippen LogP contribution in [-0.2, 0) is 20.7 Å². The average Bonchev–Trinajstić information content (AvgIpc) is 2.31. The molecule has 1 aromatic rings. The predicted molar refractivity (Wildman–Crippen MR) is 74.3 cm³/mol. The summed E-state index contributed by atoms with van der Waals surface area (Å²) >= 11 is 2.18. The van der Waals surface area contributed by atoms with Gasteiger partial charge in [-0.2, -0.15) is 0 Å². The summed E-state index contributed by atoms with van der Waals surface area (Å²) in [5.41, 5.74) is 0.974. The van der Waals surface area contributed by atoms with Crippen molar-refractivity contribution in [1.29, 1.82) is 0 Å². The van der Waals surface area contributed by atoms with Gasteiger partial charge in [0, 0.05) is 10.1 Å². The molecule has 0 saturated heterocycles. The number of aliphatic carboxylic acids is 1. The van der Waals surface area contributed by atoms with Crippen molar-refractivity contribution in [3.05, 3.63) is 33.4 Å². The van der Waals surface area contributed by atoms with Gasteiger partial charge in [0.1, 0.15) is 6.61 Å². The summed E-state index contributed by atoms with van der Waals surface area (Å²) in [6, 6.07) is 7.66. The summed E-state index contributed by atoms with van der Waals surface area (Å²) in [6.07, 6.45) is 0.318. The van der Waals surface area contributed by atoms with Crippen LogP contribution in [0.15, 0.2) is 24.3 Å². The fourth-order valence-electron chi connectivity index (χ4n) is 1.30. The molecule has 0 fully saturated rings. The minimum absolute atomic E-state index is 0.0990. The smallest absolute Gasteiger partial charge is 0.329 e. The fourth-order valence-corrected chi connectivity index (χ4v) is 1.88. The number of carboxylic acids is 1. The average molecular weight is 363 g/mol. The van der Waals surface area contributed by atoms with E-state index in [0.29, 0.717) is 13.0 Å². The first-order valence-electron chi connectivity index (χ1n) is 5.39. The minimum atomic E-state index is -1.01. The Morgan fingerprint density at radius 3 is 2.72 bits per heavy atom. The highest BCUT2D eigenvalue weighted by Crippen LogP contribution is 2.11. The molecule has 0 spiro atoms. The molecule has 5 nitrogen and oxygen atoms in total. The molecule has 1 rings (SSSR count). The van der Waals surface area contributed by atoms with Crippen LogP contribution in [0.2, 0.25) is 0 Å². The lowest BCUT2D eigenvalue weighted by Gasteiger charge is -2.06. The molecule has 0 aliphatic carbocycles. The lowest BCUT2D eigenvalue weighted by Crippen LogP contribution is -2.29. The molecule has 0 unspecified atom stereocenters. The van der Waals surface area contributed by atoms with E-state index in [-0.39, 0.29) is 19.1 Å². The van der Waals surface area contributed by atoms with Gasteiger partial charge in [0.25, 0.3) is 0 Å². The molecule has 0 bridgehead atoms. The van der Waals surface area contributed by atoms with E-state index in [0.717, 1.165) is 9.13 Å². The minimum Gasteiger partial charge on any atom is -0.480 e. The van der Waals surface area contributed by atoms with Gasteiger partial charge in [0.15, 0.2) is 0 Å². The molecule has 1 amide bonds. The van der Waals surface area contributed by atoms with Crippen LogP contribution in [0.25, 0.3) is 0 Å². The van der Waals surface area contributed by atoms with Crippen LogP contribution < -0.4 is 5.32 Å². The predicted octanol–water partition coefficient (Wildman–Crippen LogP) is 1.05. The maximum atomic E-state index is 11.6. The van der Waals surface area contributed by atoms with Gasteiger partial charge in [-0.05, 0) is 34.2 Å². The molecule has 2 N–H and O–H groups in total. The van der Waals surface area contributed by atoms with E-state index in [4.69, 9.17) is 9.84 Å². The number of ether oxygens (including phenoxy) is 1. The van der Waals surface area contributed by atoms with Gasteiger partial charge < -0.3 is 15.2 Å². The molecule has 0 heterocycles. The summed E-state index contributed by atoms with van der Waals surface area (Å²) in [7, 11) is 0. The lowest BCUT2D eigenvalue weighted by molar-refractivity contribution is -0.142. The number of hydrogen-bond acceptors (Lipinski definition) is 3. The molecule has 98 valence electrons. The van der Waals surface area contributed by atoms with Crippen LogP contribution in [0.5, 0.6) is 0 Å². The van der Waals surface area contributed by atoms with Crippen molar-refractivity contribution in [2.75, 3.05) is 19.8 Å². The van der Waals surface area contributed by atoms with E-state index >= 15 is 0 Å². The molecular weight excluding hydrogens is 349 g/mol. The summed E-state index contributed by atoms with van der Waals surface area (Å²) < 4.78 is 5.85. The summed E-state index contributed by atoms with van der Waals surface area (Å²) in [4.78, 5) is 21.7. The first-order chi connectivity index (χ1) is 8.59. The third kappa shape index (κ3) is 5.97. The molecule has 0 atom stereocenters. The fraction of sp³-hybridized carbons (Fsp3) is 0.333. The van der Waals surface area contributed by atoms with Crippen molar-refractivity contribution in [2.24, 2.45) is 0 Å². The number of rotatable bonds is 7. The summed E-state index contributed by atoms with van der Waals surface area (Å²) in [5.74, 6) is -1.11. The van der Waals surface area contributed by atoms with Gasteiger partial charge >= 0.3 is 5.97 Å². The molecule has 0 aliphatic heterocycles. The molecule has 1 aromatic carbocycles. The quantitative estimate of drug-likeness (QED) is 0.561. The third-order valence-corrected chi connectivity index (χ3v) is 3.16. The Morgan fingerprint density at radius 1 is 1.33 bits per heavy atom. The van der Waals surface area contributed by atoms with Crippen molar-refractivity contribution in [1.82, 2.24) is 5.32 Å². The topological polar surface area (TPSA) is 75.6 Å². The van der Waals surface area contributed by atoms with Crippen LogP contribution in [0.3, 0.4) is 0 Å². The Hall–Kier alpha value is -1.15. The number of nitrogens with one attached hydrogen (secondary N) is 1. The number of amides is 1. The number of carboxylic acid groups (broad SMARTS) is 1. The Morgan fingerprint density at radius 2 is 2.06 bits per heavy atom. The van der Waals surface area contributed by atoms with Gasteiger partial charge in [0.05, 0.1) is 13.0 Å². The third-order valence-electron chi connectivity index (χ3n) is 2.10. The van der Waals surface area contributed by atoms with Crippen LogP contribution >= 0.6 is 22.6 Å². The molecule has 0 aromatic heterocycles. The van der Waals surface area contributed by atoms with Crippen LogP contribution in [0.4, 0.5) is 0 Å². The summed E-state index contributed by atoms with van der Waals surface area (Å²) in [6.45, 7) is 0.173. The Labute approximate surface area is 119 Å². The van der Waals surface area contributed by atoms with E-state index in [1.54, 1.807) is 0 Å². The van der Waals surface area contributed by atoms with E-state index in [9.17, 15) is 9.59 Å². The maximum Gasteiger partial charge on any atom is 0.329 e. The largest absolute Gasteiger partial charge is 0.480 e. The SMILES string of the molecule is O=C(O)COCCNC(=O)Cc1ccccc1I. The normalized spacial score (nSPS) is 10.1. The number of carbonyl (C=O) groups is 2. The monoisotopic (exact) mass is 363 g/mol. The van der Waals surface area contributed by atoms with E-state index in [2.05, 4.69) is 27.9 Å². The van der Waals surface area contributed by atoms with Crippen molar-refractivity contribution >= 4 is 34.5 Å². The zero-order chi connectivity index (χ0) is 13.4. The van der Waals surface area contributed by atoms with Crippen LogP contribution in [0.1, 0.15) is 5.56 Å². The molecule has 18 heavy (non-hydrogen) atoms. The van der Waals surface area contributed by atoms with Gasteiger partial charge in [-0.15, -0.1) is 0 Å². The van der Waals surface area contributed by atoms with E-state index in [1.165, 1.54) is 0 Å². The molecule has 0 radical (unpaired) electrons. The Kier molecular flexibility index (Phi) is 6.66. The van der Waals surface area contributed by atoms with Gasteiger partial charge in [-0.3, -0.25) is 4.79 Å². The number of halogens is 1. The van der Waals surface area contributed by atoms with Crippen molar-refractivity contribution < 1.29 is 19.4 Å². The zero-order valence-electron chi connectivity index (χ0n) is 9.69. The van der Waals surface area contributed by atoms with Gasteiger partial charge in [0.2, 0.25) is 5.91 Å². The highest BCUT2D eigenvalue weighted by Gasteiger charge is 2.05.